The molecule has 0 saturated heterocycles. The second-order valence-corrected chi connectivity index (χ2v) is 5.97. The summed E-state index contributed by atoms with van der Waals surface area (Å²) >= 11 is 1.31. The molecule has 132 valence electrons. The van der Waals surface area contributed by atoms with Gasteiger partial charge in [-0.1, -0.05) is 18.2 Å². The SMILES string of the molecule is COc1cccc(/C=N/Nc2nc(-c3cccc([N+](=O)[O-])c3)cs2)c1O. The number of hydrazone groups is 1. The van der Waals surface area contributed by atoms with Gasteiger partial charge in [-0.15, -0.1) is 11.3 Å². The van der Waals surface area contributed by atoms with E-state index in [1.165, 1.54) is 36.8 Å². The molecule has 3 aromatic rings. The highest BCUT2D eigenvalue weighted by molar-refractivity contribution is 7.14. The Morgan fingerprint density at radius 2 is 2.15 bits per heavy atom. The summed E-state index contributed by atoms with van der Waals surface area (Å²) in [5.74, 6) is 0.355. The number of phenols is 1. The van der Waals surface area contributed by atoms with Gasteiger partial charge in [-0.25, -0.2) is 4.98 Å². The lowest BCUT2D eigenvalue weighted by molar-refractivity contribution is -0.384. The van der Waals surface area contributed by atoms with Crippen molar-refractivity contribution in [2.24, 2.45) is 5.10 Å². The van der Waals surface area contributed by atoms with Gasteiger partial charge in [0.15, 0.2) is 11.5 Å². The number of nitrogens with one attached hydrogen (secondary N) is 1. The molecule has 1 heterocycles. The van der Waals surface area contributed by atoms with E-state index in [0.717, 1.165) is 0 Å². The van der Waals surface area contributed by atoms with Gasteiger partial charge in [-0.05, 0) is 12.1 Å². The predicted octanol–water partition coefficient (Wildman–Crippen LogP) is 3.88. The number of aromatic hydroxyl groups is 1. The summed E-state index contributed by atoms with van der Waals surface area (Å²) < 4.78 is 5.04. The summed E-state index contributed by atoms with van der Waals surface area (Å²) in [6.45, 7) is 0. The first kappa shape index (κ1) is 17.4. The van der Waals surface area contributed by atoms with Crippen LogP contribution in [0.2, 0.25) is 0 Å². The molecule has 26 heavy (non-hydrogen) atoms. The molecule has 0 unspecified atom stereocenters. The topological polar surface area (TPSA) is 110 Å². The average molecular weight is 370 g/mol. The summed E-state index contributed by atoms with van der Waals surface area (Å²) in [6, 6.07) is 11.3. The zero-order valence-corrected chi connectivity index (χ0v) is 14.4. The van der Waals surface area contributed by atoms with E-state index in [2.05, 4.69) is 15.5 Å². The molecule has 0 aliphatic rings. The fourth-order valence-corrected chi connectivity index (χ4v) is 2.87. The van der Waals surface area contributed by atoms with Crippen LogP contribution >= 0.6 is 11.3 Å². The van der Waals surface area contributed by atoms with Crippen molar-refractivity contribution in [1.29, 1.82) is 0 Å². The van der Waals surface area contributed by atoms with Gasteiger partial charge in [-0.2, -0.15) is 5.10 Å². The first-order valence-corrected chi connectivity index (χ1v) is 8.32. The second kappa shape index (κ2) is 7.62. The molecular weight excluding hydrogens is 356 g/mol. The molecular formula is C17H14N4O4S. The number of ether oxygens (including phenoxy) is 1. The number of aromatic nitrogens is 1. The second-order valence-electron chi connectivity index (χ2n) is 5.11. The van der Waals surface area contributed by atoms with Crippen molar-refractivity contribution in [1.82, 2.24) is 4.98 Å². The lowest BCUT2D eigenvalue weighted by Crippen LogP contribution is -1.92. The lowest BCUT2D eigenvalue weighted by Gasteiger charge is -2.04. The molecule has 0 amide bonds. The molecule has 0 aliphatic heterocycles. The molecule has 0 saturated carbocycles. The quantitative estimate of drug-likeness (QED) is 0.387. The van der Waals surface area contributed by atoms with Crippen LogP contribution < -0.4 is 10.2 Å². The average Bonchev–Trinajstić information content (AvgIpc) is 3.12. The Morgan fingerprint density at radius 1 is 1.35 bits per heavy atom. The molecule has 0 radical (unpaired) electrons. The van der Waals surface area contributed by atoms with Crippen LogP contribution in [0.4, 0.5) is 10.8 Å². The third-order valence-corrected chi connectivity index (χ3v) is 4.22. The number of benzene rings is 2. The number of para-hydroxylation sites is 1. The third-order valence-electron chi connectivity index (χ3n) is 3.47. The predicted molar refractivity (Wildman–Crippen MR) is 100 cm³/mol. The number of phenolic OH excluding ortho intramolecular Hbond substituents is 1. The van der Waals surface area contributed by atoms with Crippen LogP contribution in [0.1, 0.15) is 5.56 Å². The first-order chi connectivity index (χ1) is 12.6. The van der Waals surface area contributed by atoms with Crippen LogP contribution in [0.15, 0.2) is 52.9 Å². The van der Waals surface area contributed by atoms with Crippen molar-refractivity contribution in [3.8, 4) is 22.8 Å². The van der Waals surface area contributed by atoms with Gasteiger partial charge in [0.1, 0.15) is 0 Å². The van der Waals surface area contributed by atoms with Gasteiger partial charge in [-0.3, -0.25) is 15.5 Å². The normalized spacial score (nSPS) is 10.8. The highest BCUT2D eigenvalue weighted by Gasteiger charge is 2.10. The molecule has 0 aliphatic carbocycles. The van der Waals surface area contributed by atoms with E-state index in [4.69, 9.17) is 4.74 Å². The molecule has 1 aromatic heterocycles. The van der Waals surface area contributed by atoms with Crippen molar-refractivity contribution in [3.05, 3.63) is 63.5 Å². The number of hydrogen-bond acceptors (Lipinski definition) is 8. The van der Waals surface area contributed by atoms with E-state index in [9.17, 15) is 15.2 Å². The Labute approximate surface area is 152 Å². The first-order valence-electron chi connectivity index (χ1n) is 7.44. The Kier molecular flexibility index (Phi) is 5.09. The number of thiazole rings is 1. The minimum absolute atomic E-state index is 0.00280. The van der Waals surface area contributed by atoms with Crippen molar-refractivity contribution in [2.75, 3.05) is 12.5 Å². The molecule has 0 atom stereocenters. The van der Waals surface area contributed by atoms with Gasteiger partial charge in [0.05, 0.1) is 23.9 Å². The minimum Gasteiger partial charge on any atom is -0.504 e. The maximum absolute atomic E-state index is 10.9. The van der Waals surface area contributed by atoms with E-state index >= 15 is 0 Å². The maximum Gasteiger partial charge on any atom is 0.270 e. The monoisotopic (exact) mass is 370 g/mol. The maximum atomic E-state index is 10.9. The number of hydrogen-bond donors (Lipinski definition) is 2. The zero-order valence-electron chi connectivity index (χ0n) is 13.6. The molecule has 2 aromatic carbocycles. The number of nitro groups is 1. The van der Waals surface area contributed by atoms with Crippen LogP contribution in [0, 0.1) is 10.1 Å². The van der Waals surface area contributed by atoms with Crippen LogP contribution in [-0.4, -0.2) is 28.3 Å². The minimum atomic E-state index is -0.445. The highest BCUT2D eigenvalue weighted by Crippen LogP contribution is 2.29. The number of nitro benzene ring substituents is 1. The molecule has 0 bridgehead atoms. The molecule has 9 heteroatoms. The smallest absolute Gasteiger partial charge is 0.270 e. The summed E-state index contributed by atoms with van der Waals surface area (Å²) in [5.41, 5.74) is 4.54. The number of nitrogens with zero attached hydrogens (tertiary/aromatic N) is 3. The largest absolute Gasteiger partial charge is 0.504 e. The fraction of sp³-hybridized carbons (Fsp3) is 0.0588. The zero-order chi connectivity index (χ0) is 18.5. The molecule has 0 fully saturated rings. The third kappa shape index (κ3) is 3.78. The van der Waals surface area contributed by atoms with Crippen molar-refractivity contribution in [2.45, 2.75) is 0 Å². The van der Waals surface area contributed by atoms with E-state index in [0.29, 0.717) is 27.7 Å². The van der Waals surface area contributed by atoms with E-state index in [1.807, 2.05) is 0 Å². The standard InChI is InChI=1S/C17H14N4O4S/c1-25-15-7-3-5-12(16(15)22)9-18-20-17-19-14(10-26-17)11-4-2-6-13(8-11)21(23)24/h2-10,22H,1H3,(H,19,20)/b18-9+. The Hall–Kier alpha value is -3.46. The fourth-order valence-electron chi connectivity index (χ4n) is 2.20. The number of anilines is 1. The molecule has 2 N–H and O–H groups in total. The van der Waals surface area contributed by atoms with Crippen molar-refractivity contribution in [3.63, 3.8) is 0 Å². The molecule has 3 rings (SSSR count). The highest BCUT2D eigenvalue weighted by atomic mass is 32.1. The number of rotatable bonds is 6. The van der Waals surface area contributed by atoms with E-state index in [1.54, 1.807) is 35.7 Å². The molecule has 0 spiro atoms. The Morgan fingerprint density at radius 3 is 2.92 bits per heavy atom. The number of non-ortho nitro benzene ring substituents is 1. The lowest BCUT2D eigenvalue weighted by atomic mass is 10.1. The summed E-state index contributed by atoms with van der Waals surface area (Å²) in [5, 5.41) is 27.2. The summed E-state index contributed by atoms with van der Waals surface area (Å²) in [7, 11) is 1.47. The van der Waals surface area contributed by atoms with Crippen LogP contribution in [-0.2, 0) is 0 Å². The van der Waals surface area contributed by atoms with Crippen LogP contribution in [0.3, 0.4) is 0 Å². The van der Waals surface area contributed by atoms with E-state index in [-0.39, 0.29) is 11.4 Å². The van der Waals surface area contributed by atoms with Gasteiger partial charge < -0.3 is 9.84 Å². The van der Waals surface area contributed by atoms with Gasteiger partial charge in [0, 0.05) is 28.6 Å². The van der Waals surface area contributed by atoms with Crippen molar-refractivity contribution < 1.29 is 14.8 Å². The van der Waals surface area contributed by atoms with Gasteiger partial charge in [0.25, 0.3) is 5.69 Å². The van der Waals surface area contributed by atoms with Crippen LogP contribution in [0.5, 0.6) is 11.5 Å². The van der Waals surface area contributed by atoms with Gasteiger partial charge >= 0.3 is 0 Å². The van der Waals surface area contributed by atoms with E-state index < -0.39 is 4.92 Å². The summed E-state index contributed by atoms with van der Waals surface area (Å²) in [6.07, 6.45) is 1.45. The number of methoxy groups -OCH3 is 1. The Bertz CT molecular complexity index is 971. The van der Waals surface area contributed by atoms with Crippen molar-refractivity contribution >= 4 is 28.4 Å². The molecule has 8 nitrogen and oxygen atoms in total. The Balaban J connectivity index is 1.73. The van der Waals surface area contributed by atoms with Gasteiger partial charge in [0.2, 0.25) is 5.13 Å². The van der Waals surface area contributed by atoms with Crippen LogP contribution in [0.25, 0.3) is 11.3 Å². The summed E-state index contributed by atoms with van der Waals surface area (Å²) in [4.78, 5) is 14.8.